The summed E-state index contributed by atoms with van der Waals surface area (Å²) >= 11 is 0. The minimum Gasteiger partial charge on any atom is -0.355 e. The normalized spacial score (nSPS) is 10.9. The Morgan fingerprint density at radius 2 is 1.52 bits per heavy atom. The molecule has 2 nitrogen and oxygen atoms in total. The van der Waals surface area contributed by atoms with Gasteiger partial charge in [0.05, 0.1) is 5.52 Å². The van der Waals surface area contributed by atoms with Gasteiger partial charge in [-0.2, -0.15) is 0 Å². The lowest BCUT2D eigenvalue weighted by Gasteiger charge is -2.11. The van der Waals surface area contributed by atoms with Crippen molar-refractivity contribution in [2.45, 2.75) is 0 Å². The number of hydrogen-bond donors (Lipinski definition) is 1. The van der Waals surface area contributed by atoms with Crippen LogP contribution >= 0.6 is 0 Å². The molecular formula is C19H14N2. The molecule has 0 saturated carbocycles. The first-order valence-electron chi connectivity index (χ1n) is 7.00. The van der Waals surface area contributed by atoms with Crippen molar-refractivity contribution in [1.29, 1.82) is 0 Å². The van der Waals surface area contributed by atoms with Crippen LogP contribution < -0.4 is 5.32 Å². The van der Waals surface area contributed by atoms with Gasteiger partial charge in [-0.15, -0.1) is 0 Å². The predicted molar refractivity (Wildman–Crippen MR) is 89.0 cm³/mol. The molecule has 1 heterocycles. The van der Waals surface area contributed by atoms with Crippen LogP contribution in [0.15, 0.2) is 79.0 Å². The molecule has 100 valence electrons. The van der Waals surface area contributed by atoms with Crippen LogP contribution in [0.1, 0.15) is 0 Å². The molecule has 0 saturated heterocycles. The van der Waals surface area contributed by atoms with Gasteiger partial charge in [-0.1, -0.05) is 48.5 Å². The molecule has 21 heavy (non-hydrogen) atoms. The van der Waals surface area contributed by atoms with E-state index in [1.165, 1.54) is 10.8 Å². The molecule has 4 aromatic rings. The summed E-state index contributed by atoms with van der Waals surface area (Å²) in [6.07, 6.45) is 1.93. The first kappa shape index (κ1) is 11.9. The first-order valence-corrected chi connectivity index (χ1v) is 7.00. The Kier molecular flexibility index (Phi) is 2.79. The van der Waals surface area contributed by atoms with Gasteiger partial charge in [0, 0.05) is 28.3 Å². The van der Waals surface area contributed by atoms with Gasteiger partial charge >= 0.3 is 0 Å². The minimum atomic E-state index is 1.01. The molecule has 1 N–H and O–H groups in total. The third kappa shape index (κ3) is 2.11. The zero-order chi connectivity index (χ0) is 14.1. The molecule has 2 heteroatoms. The van der Waals surface area contributed by atoms with Gasteiger partial charge in [0.25, 0.3) is 0 Å². The molecule has 0 radical (unpaired) electrons. The lowest BCUT2D eigenvalue weighted by molar-refractivity contribution is 1.44. The topological polar surface area (TPSA) is 24.9 Å². The molecule has 1 aromatic heterocycles. The van der Waals surface area contributed by atoms with E-state index in [4.69, 9.17) is 0 Å². The van der Waals surface area contributed by atoms with Crippen molar-refractivity contribution in [2.75, 3.05) is 5.32 Å². The lowest BCUT2D eigenvalue weighted by Crippen LogP contribution is -1.92. The lowest BCUT2D eigenvalue weighted by atomic mass is 10.0. The average Bonchev–Trinajstić information content (AvgIpc) is 2.56. The van der Waals surface area contributed by atoms with E-state index in [1.807, 2.05) is 36.5 Å². The summed E-state index contributed by atoms with van der Waals surface area (Å²) in [5, 5.41) is 7.05. The number of benzene rings is 3. The molecule has 3 aromatic carbocycles. The second kappa shape index (κ2) is 4.91. The molecule has 0 amide bonds. The number of fused-ring (bicyclic) bond motifs is 3. The zero-order valence-electron chi connectivity index (χ0n) is 11.5. The standard InChI is InChI=1S/C19H14N2/c1-2-8-15(9-3-1)21-18-12-6-11-17-19(18)16-10-5-4-7-14(16)13-20-17/h1-13,21H. The van der Waals surface area contributed by atoms with Crippen LogP contribution in [0.5, 0.6) is 0 Å². The van der Waals surface area contributed by atoms with Crippen molar-refractivity contribution in [3.63, 3.8) is 0 Å². The Hall–Kier alpha value is -2.87. The van der Waals surface area contributed by atoms with Crippen LogP contribution in [0.25, 0.3) is 21.7 Å². The van der Waals surface area contributed by atoms with Gasteiger partial charge in [-0.3, -0.25) is 4.98 Å². The molecule has 0 atom stereocenters. The highest BCUT2D eigenvalue weighted by molar-refractivity contribution is 6.12. The summed E-state index contributed by atoms with van der Waals surface area (Å²) < 4.78 is 0. The second-order valence-electron chi connectivity index (χ2n) is 5.04. The fourth-order valence-electron chi connectivity index (χ4n) is 2.69. The molecular weight excluding hydrogens is 256 g/mol. The number of aromatic nitrogens is 1. The van der Waals surface area contributed by atoms with E-state index < -0.39 is 0 Å². The quantitative estimate of drug-likeness (QED) is 0.511. The number of pyridine rings is 1. The highest BCUT2D eigenvalue weighted by atomic mass is 14.9. The molecule has 0 fully saturated rings. The van der Waals surface area contributed by atoms with Crippen molar-refractivity contribution in [2.24, 2.45) is 0 Å². The van der Waals surface area contributed by atoms with E-state index in [0.29, 0.717) is 0 Å². The number of anilines is 2. The van der Waals surface area contributed by atoms with Gasteiger partial charge in [-0.05, 0) is 29.7 Å². The van der Waals surface area contributed by atoms with Gasteiger partial charge < -0.3 is 5.32 Å². The van der Waals surface area contributed by atoms with Crippen LogP contribution in [0, 0.1) is 0 Å². The van der Waals surface area contributed by atoms with Crippen molar-refractivity contribution in [3.8, 4) is 0 Å². The van der Waals surface area contributed by atoms with Crippen molar-refractivity contribution >= 4 is 33.1 Å². The van der Waals surface area contributed by atoms with Crippen LogP contribution in [0.4, 0.5) is 11.4 Å². The average molecular weight is 270 g/mol. The fraction of sp³-hybridized carbons (Fsp3) is 0. The summed E-state index contributed by atoms with van der Waals surface area (Å²) in [4.78, 5) is 4.57. The highest BCUT2D eigenvalue weighted by Gasteiger charge is 2.06. The number of hydrogen-bond acceptors (Lipinski definition) is 2. The first-order chi connectivity index (χ1) is 10.4. The van der Waals surface area contributed by atoms with Gasteiger partial charge in [0.15, 0.2) is 0 Å². The van der Waals surface area contributed by atoms with Crippen LogP contribution in [0.3, 0.4) is 0 Å². The monoisotopic (exact) mass is 270 g/mol. The third-order valence-electron chi connectivity index (χ3n) is 3.67. The summed E-state index contributed by atoms with van der Waals surface area (Å²) in [6, 6.07) is 24.8. The predicted octanol–water partition coefficient (Wildman–Crippen LogP) is 5.13. The van der Waals surface area contributed by atoms with Gasteiger partial charge in [0.2, 0.25) is 0 Å². The number of nitrogens with one attached hydrogen (secondary N) is 1. The maximum Gasteiger partial charge on any atom is 0.0729 e. The molecule has 0 bridgehead atoms. The minimum absolute atomic E-state index is 1.01. The van der Waals surface area contributed by atoms with E-state index in [2.05, 4.69) is 52.8 Å². The Balaban J connectivity index is 1.98. The summed E-state index contributed by atoms with van der Waals surface area (Å²) in [7, 11) is 0. The summed E-state index contributed by atoms with van der Waals surface area (Å²) in [6.45, 7) is 0. The second-order valence-corrected chi connectivity index (χ2v) is 5.04. The number of nitrogens with zero attached hydrogens (tertiary/aromatic N) is 1. The molecule has 0 unspecified atom stereocenters. The van der Waals surface area contributed by atoms with Crippen molar-refractivity contribution in [3.05, 3.63) is 79.0 Å². The van der Waals surface area contributed by atoms with Crippen LogP contribution in [0.2, 0.25) is 0 Å². The Morgan fingerprint density at radius 3 is 2.43 bits per heavy atom. The van der Waals surface area contributed by atoms with E-state index in [1.54, 1.807) is 0 Å². The number of para-hydroxylation sites is 1. The van der Waals surface area contributed by atoms with Gasteiger partial charge in [0.1, 0.15) is 0 Å². The van der Waals surface area contributed by atoms with E-state index in [-0.39, 0.29) is 0 Å². The van der Waals surface area contributed by atoms with Crippen LogP contribution in [-0.4, -0.2) is 4.98 Å². The molecule has 0 spiro atoms. The van der Waals surface area contributed by atoms with E-state index >= 15 is 0 Å². The molecule has 0 aliphatic heterocycles. The highest BCUT2D eigenvalue weighted by Crippen LogP contribution is 2.31. The zero-order valence-corrected chi connectivity index (χ0v) is 11.5. The van der Waals surface area contributed by atoms with E-state index in [9.17, 15) is 0 Å². The smallest absolute Gasteiger partial charge is 0.0729 e. The Labute approximate surface area is 123 Å². The molecule has 0 aliphatic carbocycles. The molecule has 4 rings (SSSR count). The largest absolute Gasteiger partial charge is 0.355 e. The SMILES string of the molecule is c1ccc(Nc2cccc3ncc4ccccc4c23)cc1. The maximum absolute atomic E-state index is 4.57. The van der Waals surface area contributed by atoms with E-state index in [0.717, 1.165) is 22.3 Å². The fourth-order valence-corrected chi connectivity index (χ4v) is 2.69. The van der Waals surface area contributed by atoms with Crippen molar-refractivity contribution in [1.82, 2.24) is 4.98 Å². The Bertz CT molecular complexity index is 914. The van der Waals surface area contributed by atoms with Crippen molar-refractivity contribution < 1.29 is 0 Å². The van der Waals surface area contributed by atoms with Gasteiger partial charge in [-0.25, -0.2) is 0 Å². The third-order valence-corrected chi connectivity index (χ3v) is 3.67. The summed E-state index contributed by atoms with van der Waals surface area (Å²) in [5.74, 6) is 0. The maximum atomic E-state index is 4.57. The number of rotatable bonds is 2. The molecule has 0 aliphatic rings. The van der Waals surface area contributed by atoms with Crippen LogP contribution in [-0.2, 0) is 0 Å². The Morgan fingerprint density at radius 1 is 0.714 bits per heavy atom. The summed E-state index contributed by atoms with van der Waals surface area (Å²) in [5.41, 5.74) is 3.18.